The molecular formula is C15H17N5. The molecule has 3 aromatic rings. The first-order chi connectivity index (χ1) is 9.79. The Hall–Kier alpha value is -2.40. The molecule has 5 heteroatoms. The lowest BCUT2D eigenvalue weighted by Gasteiger charge is -2.11. The number of para-hydroxylation sites is 1. The highest BCUT2D eigenvalue weighted by atomic mass is 15.3. The van der Waals surface area contributed by atoms with Crippen molar-refractivity contribution < 1.29 is 0 Å². The minimum absolute atomic E-state index is 0.262. The molecule has 0 aliphatic carbocycles. The van der Waals surface area contributed by atoms with E-state index in [-0.39, 0.29) is 6.04 Å². The van der Waals surface area contributed by atoms with Gasteiger partial charge in [-0.15, -0.1) is 0 Å². The van der Waals surface area contributed by atoms with E-state index in [0.717, 1.165) is 23.6 Å². The smallest absolute Gasteiger partial charge is 0.0915 e. The Morgan fingerprint density at radius 2 is 1.95 bits per heavy atom. The zero-order valence-electron chi connectivity index (χ0n) is 11.3. The van der Waals surface area contributed by atoms with Crippen LogP contribution in [0.5, 0.6) is 0 Å². The summed E-state index contributed by atoms with van der Waals surface area (Å²) >= 11 is 0. The predicted octanol–water partition coefficient (Wildman–Crippen LogP) is 2.14. The average molecular weight is 267 g/mol. The fraction of sp³-hybridized carbons (Fsp3) is 0.200. The average Bonchev–Trinajstić information content (AvgIpc) is 3.16. The number of aromatic nitrogens is 4. The lowest BCUT2D eigenvalue weighted by atomic mass is 10.1. The van der Waals surface area contributed by atoms with E-state index >= 15 is 0 Å². The summed E-state index contributed by atoms with van der Waals surface area (Å²) in [7, 11) is 0. The summed E-state index contributed by atoms with van der Waals surface area (Å²) in [5, 5.41) is 8.81. The summed E-state index contributed by atoms with van der Waals surface area (Å²) in [6, 6.07) is 13.6. The number of hydrogen-bond donors (Lipinski definition) is 1. The third-order valence-corrected chi connectivity index (χ3v) is 3.32. The van der Waals surface area contributed by atoms with Gasteiger partial charge < -0.3 is 5.73 Å². The van der Waals surface area contributed by atoms with Gasteiger partial charge in [0.1, 0.15) is 0 Å². The van der Waals surface area contributed by atoms with Crippen molar-refractivity contribution in [3.8, 4) is 5.69 Å². The topological polar surface area (TPSA) is 61.7 Å². The number of hydrogen-bond acceptors (Lipinski definition) is 3. The van der Waals surface area contributed by atoms with E-state index in [2.05, 4.69) is 10.2 Å². The molecule has 2 N–H and O–H groups in total. The van der Waals surface area contributed by atoms with E-state index in [1.807, 2.05) is 64.9 Å². The Labute approximate surface area is 117 Å². The van der Waals surface area contributed by atoms with E-state index in [0.29, 0.717) is 0 Å². The Bertz CT molecular complexity index is 683. The van der Waals surface area contributed by atoms with Gasteiger partial charge in [-0.2, -0.15) is 10.2 Å². The van der Waals surface area contributed by atoms with Crippen molar-refractivity contribution >= 4 is 0 Å². The highest BCUT2D eigenvalue weighted by Crippen LogP contribution is 2.18. The first kappa shape index (κ1) is 12.6. The Morgan fingerprint density at radius 1 is 1.15 bits per heavy atom. The molecule has 0 spiro atoms. The third-order valence-electron chi connectivity index (χ3n) is 3.32. The number of rotatable bonds is 4. The molecule has 3 rings (SSSR count). The van der Waals surface area contributed by atoms with Crippen LogP contribution in [0.4, 0.5) is 0 Å². The molecule has 2 aromatic heterocycles. The Kier molecular flexibility index (Phi) is 3.35. The summed E-state index contributed by atoms with van der Waals surface area (Å²) in [6.07, 6.45) is 3.70. The van der Waals surface area contributed by atoms with Crippen LogP contribution < -0.4 is 5.73 Å². The lowest BCUT2D eigenvalue weighted by molar-refractivity contribution is 0.594. The van der Waals surface area contributed by atoms with E-state index in [1.165, 1.54) is 0 Å². The van der Waals surface area contributed by atoms with Crippen LogP contribution in [0.1, 0.15) is 24.4 Å². The molecule has 0 radical (unpaired) electrons. The predicted molar refractivity (Wildman–Crippen MR) is 77.5 cm³/mol. The second-order valence-electron chi connectivity index (χ2n) is 4.57. The highest BCUT2D eigenvalue weighted by Gasteiger charge is 2.16. The third kappa shape index (κ3) is 2.23. The molecule has 0 amide bonds. The summed E-state index contributed by atoms with van der Waals surface area (Å²) < 4.78 is 3.73. The van der Waals surface area contributed by atoms with Crippen LogP contribution in [-0.2, 0) is 6.54 Å². The molecule has 5 nitrogen and oxygen atoms in total. The quantitative estimate of drug-likeness (QED) is 0.787. The van der Waals surface area contributed by atoms with Crippen LogP contribution in [0.15, 0.2) is 54.9 Å². The fourth-order valence-electron chi connectivity index (χ4n) is 2.25. The van der Waals surface area contributed by atoms with Gasteiger partial charge in [0, 0.05) is 18.9 Å². The first-order valence-electron chi connectivity index (χ1n) is 6.68. The van der Waals surface area contributed by atoms with Crippen molar-refractivity contribution in [2.75, 3.05) is 0 Å². The maximum atomic E-state index is 6.29. The minimum atomic E-state index is -0.262. The minimum Gasteiger partial charge on any atom is -0.318 e. The van der Waals surface area contributed by atoms with Gasteiger partial charge in [-0.05, 0) is 31.2 Å². The summed E-state index contributed by atoms with van der Waals surface area (Å²) in [5.74, 6) is 0. The maximum Gasteiger partial charge on any atom is 0.0915 e. The fourth-order valence-corrected chi connectivity index (χ4v) is 2.25. The van der Waals surface area contributed by atoms with Crippen LogP contribution in [0, 0.1) is 0 Å². The van der Waals surface area contributed by atoms with Gasteiger partial charge in [0.05, 0.1) is 23.1 Å². The van der Waals surface area contributed by atoms with Gasteiger partial charge in [-0.25, -0.2) is 4.68 Å². The zero-order chi connectivity index (χ0) is 13.9. The largest absolute Gasteiger partial charge is 0.318 e. The van der Waals surface area contributed by atoms with Crippen molar-refractivity contribution in [3.63, 3.8) is 0 Å². The van der Waals surface area contributed by atoms with Gasteiger partial charge in [0.15, 0.2) is 0 Å². The van der Waals surface area contributed by atoms with Crippen molar-refractivity contribution in [2.24, 2.45) is 5.73 Å². The molecule has 20 heavy (non-hydrogen) atoms. The van der Waals surface area contributed by atoms with Gasteiger partial charge >= 0.3 is 0 Å². The van der Waals surface area contributed by atoms with E-state index in [4.69, 9.17) is 5.73 Å². The molecule has 0 aliphatic rings. The van der Waals surface area contributed by atoms with Crippen LogP contribution in [-0.4, -0.2) is 19.6 Å². The molecular weight excluding hydrogens is 250 g/mol. The maximum absolute atomic E-state index is 6.29. The van der Waals surface area contributed by atoms with Gasteiger partial charge in [0.25, 0.3) is 0 Å². The number of nitrogens with two attached hydrogens (primary N) is 1. The number of benzene rings is 1. The van der Waals surface area contributed by atoms with E-state index in [1.54, 1.807) is 6.20 Å². The van der Waals surface area contributed by atoms with Crippen LogP contribution in [0.3, 0.4) is 0 Å². The second kappa shape index (κ2) is 5.30. The monoisotopic (exact) mass is 267 g/mol. The molecule has 0 saturated carbocycles. The first-order valence-corrected chi connectivity index (χ1v) is 6.68. The van der Waals surface area contributed by atoms with E-state index in [9.17, 15) is 0 Å². The Morgan fingerprint density at radius 3 is 2.70 bits per heavy atom. The molecule has 2 heterocycles. The Balaban J connectivity index is 1.91. The number of nitrogens with zero attached hydrogens (tertiary/aromatic N) is 4. The summed E-state index contributed by atoms with van der Waals surface area (Å²) in [6.45, 7) is 2.85. The van der Waals surface area contributed by atoms with Crippen LogP contribution >= 0.6 is 0 Å². The SMILES string of the molecule is CCn1nccc1C(N)c1ccn(-c2ccccc2)n1. The van der Waals surface area contributed by atoms with Crippen molar-refractivity contribution in [2.45, 2.75) is 19.5 Å². The standard InChI is InChI=1S/C15H17N5/c1-2-19-14(8-10-17-19)15(16)13-9-11-20(18-13)12-6-4-3-5-7-12/h3-11,15H,2,16H2,1H3. The van der Waals surface area contributed by atoms with Crippen molar-refractivity contribution in [3.05, 3.63) is 66.2 Å². The zero-order valence-corrected chi connectivity index (χ0v) is 11.3. The van der Waals surface area contributed by atoms with Crippen LogP contribution in [0.2, 0.25) is 0 Å². The second-order valence-corrected chi connectivity index (χ2v) is 4.57. The molecule has 0 fully saturated rings. The molecule has 1 unspecified atom stereocenters. The van der Waals surface area contributed by atoms with Crippen molar-refractivity contribution in [1.29, 1.82) is 0 Å². The van der Waals surface area contributed by atoms with Gasteiger partial charge in [-0.1, -0.05) is 18.2 Å². The molecule has 1 atom stereocenters. The van der Waals surface area contributed by atoms with Gasteiger partial charge in [-0.3, -0.25) is 4.68 Å². The normalized spacial score (nSPS) is 12.5. The van der Waals surface area contributed by atoms with Crippen molar-refractivity contribution in [1.82, 2.24) is 19.6 Å². The van der Waals surface area contributed by atoms with E-state index < -0.39 is 0 Å². The lowest BCUT2D eigenvalue weighted by Crippen LogP contribution is -2.18. The molecule has 0 saturated heterocycles. The molecule has 1 aromatic carbocycles. The molecule has 0 bridgehead atoms. The molecule has 102 valence electrons. The van der Waals surface area contributed by atoms with Gasteiger partial charge in [0.2, 0.25) is 0 Å². The summed E-state index contributed by atoms with van der Waals surface area (Å²) in [4.78, 5) is 0. The highest BCUT2D eigenvalue weighted by molar-refractivity contribution is 5.31. The summed E-state index contributed by atoms with van der Waals surface area (Å²) in [5.41, 5.74) is 9.13. The number of aryl methyl sites for hydroxylation is 1. The van der Waals surface area contributed by atoms with Crippen LogP contribution in [0.25, 0.3) is 5.69 Å². The molecule has 0 aliphatic heterocycles.